The number of hydrogen-bond donors (Lipinski definition) is 1. The van der Waals surface area contributed by atoms with Gasteiger partial charge in [0.25, 0.3) is 0 Å². The first-order valence-electron chi connectivity index (χ1n) is 9.28. The van der Waals surface area contributed by atoms with Gasteiger partial charge in [0.2, 0.25) is 0 Å². The maximum absolute atomic E-state index is 11.2. The molecule has 1 aromatic heterocycles. The van der Waals surface area contributed by atoms with Gasteiger partial charge in [-0.15, -0.1) is 0 Å². The van der Waals surface area contributed by atoms with Gasteiger partial charge in [-0.3, -0.25) is 9.88 Å². The summed E-state index contributed by atoms with van der Waals surface area (Å²) >= 11 is 0. The molecule has 0 saturated carbocycles. The van der Waals surface area contributed by atoms with Crippen LogP contribution in [0.3, 0.4) is 0 Å². The Morgan fingerprint density at radius 3 is 2.73 bits per heavy atom. The number of aromatic amines is 1. The van der Waals surface area contributed by atoms with Crippen LogP contribution in [0.1, 0.15) is 18.4 Å². The molecule has 26 heavy (non-hydrogen) atoms. The third-order valence-electron chi connectivity index (χ3n) is 5.14. The molecule has 1 saturated heterocycles. The van der Waals surface area contributed by atoms with Crippen molar-refractivity contribution in [2.45, 2.75) is 19.3 Å². The number of piperidine rings is 1. The van der Waals surface area contributed by atoms with E-state index < -0.39 is 5.76 Å². The van der Waals surface area contributed by atoms with E-state index in [9.17, 15) is 4.79 Å². The highest BCUT2D eigenvalue weighted by molar-refractivity contribution is 5.73. The third kappa shape index (κ3) is 4.17. The summed E-state index contributed by atoms with van der Waals surface area (Å²) in [5, 5.41) is 0. The van der Waals surface area contributed by atoms with Gasteiger partial charge in [-0.2, -0.15) is 0 Å². The molecule has 0 amide bonds. The Balaban J connectivity index is 1.21. The van der Waals surface area contributed by atoms with E-state index in [1.54, 1.807) is 6.07 Å². The second-order valence-electron chi connectivity index (χ2n) is 7.00. The lowest BCUT2D eigenvalue weighted by molar-refractivity contribution is 0.155. The van der Waals surface area contributed by atoms with E-state index in [-0.39, 0.29) is 0 Å². The highest BCUT2D eigenvalue weighted by atomic mass is 16.5. The fourth-order valence-electron chi connectivity index (χ4n) is 3.67. The Labute approximate surface area is 152 Å². The normalized spacial score (nSPS) is 16.2. The second kappa shape index (κ2) is 7.79. The minimum Gasteiger partial charge on any atom is -0.492 e. The zero-order chi connectivity index (χ0) is 17.8. The average molecular weight is 352 g/mol. The number of benzene rings is 2. The number of H-pyrrole nitrogens is 1. The van der Waals surface area contributed by atoms with E-state index in [2.05, 4.69) is 40.2 Å². The van der Waals surface area contributed by atoms with Crippen LogP contribution in [0.5, 0.6) is 5.75 Å². The van der Waals surface area contributed by atoms with E-state index in [0.29, 0.717) is 17.7 Å². The summed E-state index contributed by atoms with van der Waals surface area (Å²) in [7, 11) is 0. The molecule has 0 unspecified atom stereocenters. The van der Waals surface area contributed by atoms with Crippen LogP contribution in [0, 0.1) is 5.92 Å². The van der Waals surface area contributed by atoms with Gasteiger partial charge in [0, 0.05) is 12.6 Å². The largest absolute Gasteiger partial charge is 0.492 e. The molecule has 1 fully saturated rings. The molecule has 2 heterocycles. The maximum atomic E-state index is 11.2. The van der Waals surface area contributed by atoms with E-state index >= 15 is 0 Å². The van der Waals surface area contributed by atoms with E-state index in [0.717, 1.165) is 31.3 Å². The van der Waals surface area contributed by atoms with Crippen LogP contribution in [0.25, 0.3) is 11.1 Å². The van der Waals surface area contributed by atoms with Crippen molar-refractivity contribution >= 4 is 11.1 Å². The smallest absolute Gasteiger partial charge is 0.417 e. The molecule has 0 spiro atoms. The quantitative estimate of drug-likeness (QED) is 0.738. The number of nitrogens with one attached hydrogen (secondary N) is 1. The number of ether oxygens (including phenoxy) is 1. The zero-order valence-electron chi connectivity index (χ0n) is 14.8. The van der Waals surface area contributed by atoms with Crippen LogP contribution in [0.15, 0.2) is 57.7 Å². The first-order valence-corrected chi connectivity index (χ1v) is 9.28. The van der Waals surface area contributed by atoms with Crippen molar-refractivity contribution in [3.8, 4) is 5.75 Å². The lowest BCUT2D eigenvalue weighted by Gasteiger charge is -2.31. The fourth-order valence-corrected chi connectivity index (χ4v) is 3.67. The number of rotatable bonds is 6. The van der Waals surface area contributed by atoms with Gasteiger partial charge in [0.15, 0.2) is 5.58 Å². The summed E-state index contributed by atoms with van der Waals surface area (Å²) in [6.07, 6.45) is 3.68. The Kier molecular flexibility index (Phi) is 5.07. The molecule has 136 valence electrons. The topological polar surface area (TPSA) is 58.5 Å². The Morgan fingerprint density at radius 2 is 1.92 bits per heavy atom. The highest BCUT2D eigenvalue weighted by Crippen LogP contribution is 2.22. The predicted molar refractivity (Wildman–Crippen MR) is 102 cm³/mol. The van der Waals surface area contributed by atoms with Crippen LogP contribution in [0.4, 0.5) is 0 Å². The number of hydrogen-bond acceptors (Lipinski definition) is 4. The van der Waals surface area contributed by atoms with Crippen molar-refractivity contribution in [1.29, 1.82) is 0 Å². The van der Waals surface area contributed by atoms with Crippen molar-refractivity contribution in [2.75, 3.05) is 26.2 Å². The van der Waals surface area contributed by atoms with Crippen LogP contribution in [-0.2, 0) is 6.42 Å². The maximum Gasteiger partial charge on any atom is 0.417 e. The summed E-state index contributed by atoms with van der Waals surface area (Å²) in [4.78, 5) is 16.3. The Hall–Kier alpha value is -2.53. The van der Waals surface area contributed by atoms with E-state index in [1.165, 1.54) is 24.8 Å². The zero-order valence-corrected chi connectivity index (χ0v) is 14.8. The second-order valence-corrected chi connectivity index (χ2v) is 7.00. The predicted octanol–water partition coefficient (Wildman–Crippen LogP) is 3.45. The Morgan fingerprint density at radius 1 is 1.12 bits per heavy atom. The summed E-state index contributed by atoms with van der Waals surface area (Å²) in [6.45, 7) is 3.83. The number of aromatic nitrogens is 1. The lowest BCUT2D eigenvalue weighted by atomic mass is 9.90. The number of oxazole rings is 1. The molecule has 2 aromatic carbocycles. The molecule has 0 atom stereocenters. The van der Waals surface area contributed by atoms with E-state index in [1.807, 2.05) is 12.1 Å². The van der Waals surface area contributed by atoms with Gasteiger partial charge in [0.1, 0.15) is 12.4 Å². The first-order chi connectivity index (χ1) is 12.8. The van der Waals surface area contributed by atoms with Crippen LogP contribution in [-0.4, -0.2) is 36.1 Å². The standard InChI is InChI=1S/C21H24N2O3/c24-21-22-19-7-6-18(15-20(19)26-21)25-13-12-23-10-8-17(9-11-23)14-16-4-2-1-3-5-16/h1-7,15,17H,8-14H2,(H,22,24). The van der Waals surface area contributed by atoms with Crippen molar-refractivity contribution in [3.05, 3.63) is 64.6 Å². The van der Waals surface area contributed by atoms with Gasteiger partial charge in [-0.1, -0.05) is 30.3 Å². The Bertz CT molecular complexity index is 892. The molecule has 4 rings (SSSR count). The van der Waals surface area contributed by atoms with Crippen molar-refractivity contribution in [1.82, 2.24) is 9.88 Å². The summed E-state index contributed by atoms with van der Waals surface area (Å²) in [5.41, 5.74) is 2.68. The van der Waals surface area contributed by atoms with Crippen LogP contribution >= 0.6 is 0 Å². The summed E-state index contributed by atoms with van der Waals surface area (Å²) in [6, 6.07) is 16.2. The molecule has 1 aliphatic rings. The third-order valence-corrected chi connectivity index (χ3v) is 5.14. The molecule has 0 radical (unpaired) electrons. The minimum absolute atomic E-state index is 0.435. The molecule has 5 heteroatoms. The number of likely N-dealkylation sites (tertiary alicyclic amines) is 1. The lowest BCUT2D eigenvalue weighted by Crippen LogP contribution is -2.37. The van der Waals surface area contributed by atoms with E-state index in [4.69, 9.17) is 9.15 Å². The van der Waals surface area contributed by atoms with Crippen molar-refractivity contribution < 1.29 is 9.15 Å². The molecular formula is C21H24N2O3. The van der Waals surface area contributed by atoms with Crippen LogP contribution in [0.2, 0.25) is 0 Å². The van der Waals surface area contributed by atoms with Gasteiger partial charge in [-0.05, 0) is 56.0 Å². The molecule has 1 N–H and O–H groups in total. The minimum atomic E-state index is -0.435. The molecule has 0 aliphatic carbocycles. The molecule has 0 bridgehead atoms. The molecule has 5 nitrogen and oxygen atoms in total. The summed E-state index contributed by atoms with van der Waals surface area (Å²) < 4.78 is 10.9. The molecular weight excluding hydrogens is 328 g/mol. The van der Waals surface area contributed by atoms with Crippen LogP contribution < -0.4 is 10.5 Å². The van der Waals surface area contributed by atoms with Gasteiger partial charge in [-0.25, -0.2) is 4.79 Å². The molecule has 1 aliphatic heterocycles. The van der Waals surface area contributed by atoms with Gasteiger partial charge in [0.05, 0.1) is 5.52 Å². The first kappa shape index (κ1) is 16.9. The number of fused-ring (bicyclic) bond motifs is 1. The monoisotopic (exact) mass is 352 g/mol. The SMILES string of the molecule is O=c1[nH]c2ccc(OCCN3CCC(Cc4ccccc4)CC3)cc2o1. The van der Waals surface area contributed by atoms with Crippen molar-refractivity contribution in [2.24, 2.45) is 5.92 Å². The van der Waals surface area contributed by atoms with Gasteiger partial charge < -0.3 is 9.15 Å². The fraction of sp³-hybridized carbons (Fsp3) is 0.381. The average Bonchev–Trinajstić information content (AvgIpc) is 3.03. The number of nitrogens with zero attached hydrogens (tertiary/aromatic N) is 1. The summed E-state index contributed by atoms with van der Waals surface area (Å²) in [5.74, 6) is 1.09. The van der Waals surface area contributed by atoms with Gasteiger partial charge >= 0.3 is 5.76 Å². The van der Waals surface area contributed by atoms with Crippen molar-refractivity contribution in [3.63, 3.8) is 0 Å². The molecule has 3 aromatic rings. The highest BCUT2D eigenvalue weighted by Gasteiger charge is 2.19.